The van der Waals surface area contributed by atoms with E-state index < -0.39 is 0 Å². The summed E-state index contributed by atoms with van der Waals surface area (Å²) in [6.45, 7) is 7.78. The first kappa shape index (κ1) is 8.75. The minimum absolute atomic E-state index is 0.223. The molecule has 1 aromatic heterocycles. The van der Waals surface area contributed by atoms with Gasteiger partial charge < -0.3 is 0 Å². The van der Waals surface area contributed by atoms with Crippen LogP contribution in [0, 0.1) is 5.41 Å². The molecule has 72 valence electrons. The molecule has 1 aromatic rings. The molecular formula is C10H17N3. The van der Waals surface area contributed by atoms with Gasteiger partial charge in [-0.2, -0.15) is 5.10 Å². The largest absolute Gasteiger partial charge is 0.295 e. The van der Waals surface area contributed by atoms with E-state index in [1.54, 1.807) is 0 Å². The van der Waals surface area contributed by atoms with Crippen molar-refractivity contribution < 1.29 is 0 Å². The molecule has 0 aliphatic carbocycles. The highest BCUT2D eigenvalue weighted by atomic mass is 15.4. The molecule has 1 N–H and O–H groups in total. The Bertz CT molecular complexity index is 295. The van der Waals surface area contributed by atoms with Crippen LogP contribution < -0.4 is 5.32 Å². The zero-order valence-electron chi connectivity index (χ0n) is 8.54. The van der Waals surface area contributed by atoms with Crippen molar-refractivity contribution in [3.63, 3.8) is 0 Å². The Balaban J connectivity index is 2.35. The Morgan fingerprint density at radius 1 is 1.54 bits per heavy atom. The van der Waals surface area contributed by atoms with E-state index in [1.165, 1.54) is 5.69 Å². The van der Waals surface area contributed by atoms with Crippen LogP contribution in [0.25, 0.3) is 0 Å². The van der Waals surface area contributed by atoms with Gasteiger partial charge in [-0.3, -0.25) is 10.00 Å². The summed E-state index contributed by atoms with van der Waals surface area (Å²) >= 11 is 0. The minimum Gasteiger partial charge on any atom is -0.295 e. The summed E-state index contributed by atoms with van der Waals surface area (Å²) in [5.41, 5.74) is 1.57. The number of fused-ring (bicyclic) bond motifs is 1. The molecule has 1 atom stereocenters. The van der Waals surface area contributed by atoms with E-state index in [-0.39, 0.29) is 5.41 Å². The summed E-state index contributed by atoms with van der Waals surface area (Å²) in [5, 5.41) is 7.86. The minimum atomic E-state index is 0.223. The van der Waals surface area contributed by atoms with Gasteiger partial charge in [0.2, 0.25) is 0 Å². The molecule has 0 fully saturated rings. The van der Waals surface area contributed by atoms with E-state index >= 15 is 0 Å². The van der Waals surface area contributed by atoms with Crippen molar-refractivity contribution >= 4 is 0 Å². The van der Waals surface area contributed by atoms with E-state index in [9.17, 15) is 0 Å². The van der Waals surface area contributed by atoms with E-state index in [1.807, 2.05) is 6.20 Å². The molecule has 0 saturated heterocycles. The smallest absolute Gasteiger partial charge is 0.106 e. The van der Waals surface area contributed by atoms with Gasteiger partial charge in [0.15, 0.2) is 0 Å². The van der Waals surface area contributed by atoms with Crippen molar-refractivity contribution in [2.24, 2.45) is 5.41 Å². The predicted molar refractivity (Wildman–Crippen MR) is 52.4 cm³/mol. The molecule has 0 aromatic carbocycles. The van der Waals surface area contributed by atoms with Gasteiger partial charge in [0.25, 0.3) is 0 Å². The first-order valence-electron chi connectivity index (χ1n) is 4.85. The average Bonchev–Trinajstić information content (AvgIpc) is 2.48. The van der Waals surface area contributed by atoms with Crippen LogP contribution in [-0.4, -0.2) is 16.3 Å². The highest BCUT2D eigenvalue weighted by molar-refractivity contribution is 5.06. The van der Waals surface area contributed by atoms with Gasteiger partial charge in [-0.1, -0.05) is 20.8 Å². The number of rotatable bonds is 0. The molecule has 2 heterocycles. The third kappa shape index (κ3) is 1.48. The van der Waals surface area contributed by atoms with Crippen LogP contribution >= 0.6 is 0 Å². The van der Waals surface area contributed by atoms with E-state index in [0.29, 0.717) is 6.17 Å². The van der Waals surface area contributed by atoms with Crippen LogP contribution in [0.3, 0.4) is 0 Å². The Morgan fingerprint density at radius 3 is 3.00 bits per heavy atom. The van der Waals surface area contributed by atoms with Crippen molar-refractivity contribution in [3.05, 3.63) is 18.0 Å². The highest BCUT2D eigenvalue weighted by Gasteiger charge is 2.29. The van der Waals surface area contributed by atoms with Gasteiger partial charge in [0.1, 0.15) is 6.17 Å². The maximum atomic E-state index is 4.36. The summed E-state index contributed by atoms with van der Waals surface area (Å²) in [6, 6.07) is 2.11. The third-order valence-corrected chi connectivity index (χ3v) is 2.54. The van der Waals surface area contributed by atoms with Gasteiger partial charge in [0.05, 0.1) is 0 Å². The fourth-order valence-electron chi connectivity index (χ4n) is 1.87. The lowest BCUT2D eigenvalue weighted by molar-refractivity contribution is 0.164. The molecule has 0 saturated carbocycles. The topological polar surface area (TPSA) is 29.9 Å². The maximum absolute atomic E-state index is 4.36. The summed E-state index contributed by atoms with van der Waals surface area (Å²) in [7, 11) is 0. The Hall–Kier alpha value is -0.830. The van der Waals surface area contributed by atoms with Gasteiger partial charge >= 0.3 is 0 Å². The first-order chi connectivity index (χ1) is 6.09. The molecule has 1 aliphatic heterocycles. The first-order valence-corrected chi connectivity index (χ1v) is 4.85. The number of hydrogen-bond donors (Lipinski definition) is 1. The van der Waals surface area contributed by atoms with Crippen LogP contribution in [0.15, 0.2) is 12.3 Å². The molecule has 0 bridgehead atoms. The predicted octanol–water partition coefficient (Wildman–Crippen LogP) is 1.57. The van der Waals surface area contributed by atoms with Gasteiger partial charge in [-0.25, -0.2) is 0 Å². The second-order valence-corrected chi connectivity index (χ2v) is 4.74. The van der Waals surface area contributed by atoms with Crippen molar-refractivity contribution in [1.29, 1.82) is 0 Å². The van der Waals surface area contributed by atoms with Gasteiger partial charge in [0, 0.05) is 24.9 Å². The molecule has 0 radical (unpaired) electrons. The Kier molecular flexibility index (Phi) is 1.91. The number of aromatic nitrogens is 2. The average molecular weight is 179 g/mol. The molecular weight excluding hydrogens is 162 g/mol. The molecule has 3 nitrogen and oxygen atoms in total. The van der Waals surface area contributed by atoms with E-state index in [0.717, 1.165) is 13.0 Å². The van der Waals surface area contributed by atoms with Crippen LogP contribution in [0.5, 0.6) is 0 Å². The normalized spacial score (nSPS) is 22.8. The standard InChI is InChI=1S/C10H17N3/c1-10(2,3)9-11-6-4-8-5-7-12-13(8)9/h5,7,9,11H,4,6H2,1-3H3. The molecule has 13 heavy (non-hydrogen) atoms. The summed E-state index contributed by atoms with van der Waals surface area (Å²) in [4.78, 5) is 0. The summed E-state index contributed by atoms with van der Waals surface area (Å²) in [6.07, 6.45) is 3.32. The quantitative estimate of drug-likeness (QED) is 0.655. The third-order valence-electron chi connectivity index (χ3n) is 2.54. The SMILES string of the molecule is CC(C)(C)C1NCCc2ccnn21. The van der Waals surface area contributed by atoms with Crippen molar-refractivity contribution in [3.8, 4) is 0 Å². The summed E-state index contributed by atoms with van der Waals surface area (Å²) < 4.78 is 2.11. The van der Waals surface area contributed by atoms with Crippen molar-refractivity contribution in [2.75, 3.05) is 6.54 Å². The lowest BCUT2D eigenvalue weighted by Gasteiger charge is -2.35. The van der Waals surface area contributed by atoms with Crippen LogP contribution in [-0.2, 0) is 6.42 Å². The number of nitrogens with zero attached hydrogens (tertiary/aromatic N) is 2. The number of nitrogens with one attached hydrogen (secondary N) is 1. The molecule has 0 amide bonds. The highest BCUT2D eigenvalue weighted by Crippen LogP contribution is 2.30. The van der Waals surface area contributed by atoms with Crippen LogP contribution in [0.4, 0.5) is 0 Å². The lowest BCUT2D eigenvalue weighted by Crippen LogP contribution is -2.42. The molecule has 3 heteroatoms. The monoisotopic (exact) mass is 179 g/mol. The second-order valence-electron chi connectivity index (χ2n) is 4.74. The van der Waals surface area contributed by atoms with E-state index in [2.05, 4.69) is 41.9 Å². The Morgan fingerprint density at radius 2 is 2.31 bits per heavy atom. The molecule has 1 aliphatic rings. The zero-order chi connectivity index (χ0) is 9.47. The summed E-state index contributed by atoms with van der Waals surface area (Å²) in [5.74, 6) is 0. The van der Waals surface area contributed by atoms with E-state index in [4.69, 9.17) is 0 Å². The number of hydrogen-bond acceptors (Lipinski definition) is 2. The van der Waals surface area contributed by atoms with Crippen molar-refractivity contribution in [2.45, 2.75) is 33.4 Å². The fraction of sp³-hybridized carbons (Fsp3) is 0.700. The lowest BCUT2D eigenvalue weighted by atomic mass is 9.91. The van der Waals surface area contributed by atoms with Crippen LogP contribution in [0.2, 0.25) is 0 Å². The second kappa shape index (κ2) is 2.84. The Labute approximate surface area is 79.1 Å². The zero-order valence-corrected chi connectivity index (χ0v) is 8.54. The maximum Gasteiger partial charge on any atom is 0.106 e. The van der Waals surface area contributed by atoms with Gasteiger partial charge in [-0.15, -0.1) is 0 Å². The van der Waals surface area contributed by atoms with Crippen molar-refractivity contribution in [1.82, 2.24) is 15.1 Å². The van der Waals surface area contributed by atoms with Gasteiger partial charge in [-0.05, 0) is 11.5 Å². The molecule has 1 unspecified atom stereocenters. The molecule has 0 spiro atoms. The fourth-order valence-corrected chi connectivity index (χ4v) is 1.87. The van der Waals surface area contributed by atoms with Crippen LogP contribution in [0.1, 0.15) is 32.6 Å². The molecule has 2 rings (SSSR count).